The lowest BCUT2D eigenvalue weighted by atomic mass is 9.93. The Bertz CT molecular complexity index is 325. The summed E-state index contributed by atoms with van der Waals surface area (Å²) in [5.41, 5.74) is 1.20. The van der Waals surface area contributed by atoms with Crippen molar-refractivity contribution in [3.8, 4) is 0 Å². The van der Waals surface area contributed by atoms with Crippen LogP contribution < -0.4 is 0 Å². The molecule has 0 nitrogen and oxygen atoms in total. The Hall–Kier alpha value is -0.920. The van der Waals surface area contributed by atoms with Crippen LogP contribution in [0.5, 0.6) is 0 Å². The van der Waals surface area contributed by atoms with Crippen molar-refractivity contribution in [3.05, 3.63) is 34.9 Å². The molecule has 0 aromatic heterocycles. The van der Waals surface area contributed by atoms with E-state index in [1.807, 2.05) is 13.8 Å². The van der Waals surface area contributed by atoms with Crippen molar-refractivity contribution in [2.24, 2.45) is 0 Å². The molecule has 1 saturated carbocycles. The first-order valence-corrected chi connectivity index (χ1v) is 5.09. The lowest BCUT2D eigenvalue weighted by Gasteiger charge is -2.14. The highest BCUT2D eigenvalue weighted by Gasteiger charge is 2.31. The van der Waals surface area contributed by atoms with E-state index in [-0.39, 0.29) is 23.5 Å². The molecule has 0 amide bonds. The SMILES string of the molecule is CC(C)c1c(F)ccc(F)c1C1CC1. The molecule has 0 saturated heterocycles. The van der Waals surface area contributed by atoms with E-state index in [1.165, 1.54) is 12.1 Å². The molecule has 1 aromatic carbocycles. The fourth-order valence-electron chi connectivity index (χ4n) is 1.96. The third-order valence-corrected chi connectivity index (χ3v) is 2.74. The van der Waals surface area contributed by atoms with E-state index in [9.17, 15) is 8.78 Å². The second-order valence-electron chi connectivity index (χ2n) is 4.29. The summed E-state index contributed by atoms with van der Waals surface area (Å²) < 4.78 is 27.0. The van der Waals surface area contributed by atoms with E-state index >= 15 is 0 Å². The smallest absolute Gasteiger partial charge is 0.127 e. The third-order valence-electron chi connectivity index (χ3n) is 2.74. The van der Waals surface area contributed by atoms with Gasteiger partial charge in [0, 0.05) is 0 Å². The third kappa shape index (κ3) is 1.54. The molecule has 0 aliphatic heterocycles. The Kier molecular flexibility index (Phi) is 2.30. The molecule has 0 spiro atoms. The minimum absolute atomic E-state index is 0.0568. The highest BCUT2D eigenvalue weighted by Crippen LogP contribution is 2.45. The largest absolute Gasteiger partial charge is 0.207 e. The highest BCUT2D eigenvalue weighted by molar-refractivity contribution is 5.37. The summed E-state index contributed by atoms with van der Waals surface area (Å²) in [6.07, 6.45) is 2.00. The highest BCUT2D eigenvalue weighted by atomic mass is 19.1. The molecule has 1 aliphatic rings. The molecule has 1 aromatic rings. The summed E-state index contributed by atoms with van der Waals surface area (Å²) >= 11 is 0. The maximum atomic E-state index is 13.5. The maximum absolute atomic E-state index is 13.5. The quantitative estimate of drug-likeness (QED) is 0.671. The average molecular weight is 196 g/mol. The number of halogens is 2. The minimum Gasteiger partial charge on any atom is -0.207 e. The molecule has 0 unspecified atom stereocenters. The normalized spacial score (nSPS) is 16.4. The molecule has 0 bridgehead atoms. The van der Waals surface area contributed by atoms with Gasteiger partial charge in [-0.1, -0.05) is 13.8 Å². The summed E-state index contributed by atoms with van der Waals surface area (Å²) in [7, 11) is 0. The van der Waals surface area contributed by atoms with Gasteiger partial charge in [0.15, 0.2) is 0 Å². The Labute approximate surface area is 82.9 Å². The average Bonchev–Trinajstić information content (AvgIpc) is 2.91. The lowest BCUT2D eigenvalue weighted by Crippen LogP contribution is -2.02. The molecule has 2 rings (SSSR count). The Morgan fingerprint density at radius 2 is 1.71 bits per heavy atom. The zero-order chi connectivity index (χ0) is 10.3. The van der Waals surface area contributed by atoms with Crippen LogP contribution in [-0.2, 0) is 0 Å². The first-order valence-electron chi connectivity index (χ1n) is 5.09. The van der Waals surface area contributed by atoms with Gasteiger partial charge in [0.25, 0.3) is 0 Å². The molecule has 2 heteroatoms. The fourth-order valence-corrected chi connectivity index (χ4v) is 1.96. The van der Waals surface area contributed by atoms with E-state index < -0.39 is 0 Å². The zero-order valence-electron chi connectivity index (χ0n) is 8.48. The van der Waals surface area contributed by atoms with Gasteiger partial charge in [-0.25, -0.2) is 8.78 Å². The van der Waals surface area contributed by atoms with Crippen LogP contribution in [-0.4, -0.2) is 0 Å². The minimum atomic E-state index is -0.261. The summed E-state index contributed by atoms with van der Waals surface area (Å²) in [4.78, 5) is 0. The second kappa shape index (κ2) is 3.34. The standard InChI is InChI=1S/C12H14F2/c1-7(2)11-9(13)5-6-10(14)12(11)8-3-4-8/h5-8H,3-4H2,1-2H3. The molecule has 14 heavy (non-hydrogen) atoms. The van der Waals surface area contributed by atoms with E-state index in [0.29, 0.717) is 11.1 Å². The topological polar surface area (TPSA) is 0 Å². The molecule has 0 N–H and O–H groups in total. The zero-order valence-corrected chi connectivity index (χ0v) is 8.48. The molecule has 0 atom stereocenters. The number of hydrogen-bond donors (Lipinski definition) is 0. The van der Waals surface area contributed by atoms with Crippen molar-refractivity contribution < 1.29 is 8.78 Å². The predicted octanol–water partition coefficient (Wildman–Crippen LogP) is 3.97. The Balaban J connectivity index is 2.57. The van der Waals surface area contributed by atoms with Gasteiger partial charge in [-0.3, -0.25) is 0 Å². The van der Waals surface area contributed by atoms with Crippen LogP contribution in [0.25, 0.3) is 0 Å². The van der Waals surface area contributed by atoms with E-state index in [1.54, 1.807) is 0 Å². The van der Waals surface area contributed by atoms with Crippen molar-refractivity contribution in [1.29, 1.82) is 0 Å². The van der Waals surface area contributed by atoms with E-state index in [2.05, 4.69) is 0 Å². The number of hydrogen-bond acceptors (Lipinski definition) is 0. The van der Waals surface area contributed by atoms with Gasteiger partial charge in [-0.05, 0) is 47.9 Å². The van der Waals surface area contributed by atoms with Crippen molar-refractivity contribution in [2.75, 3.05) is 0 Å². The number of benzene rings is 1. The Morgan fingerprint density at radius 1 is 1.14 bits per heavy atom. The van der Waals surface area contributed by atoms with Crippen LogP contribution in [0.4, 0.5) is 8.78 Å². The summed E-state index contributed by atoms with van der Waals surface area (Å²) in [6.45, 7) is 3.81. The van der Waals surface area contributed by atoms with E-state index in [4.69, 9.17) is 0 Å². The van der Waals surface area contributed by atoms with Crippen LogP contribution in [0.2, 0.25) is 0 Å². The molecule has 0 radical (unpaired) electrons. The van der Waals surface area contributed by atoms with Crippen LogP contribution in [0.15, 0.2) is 12.1 Å². The molecule has 0 heterocycles. The number of rotatable bonds is 2. The van der Waals surface area contributed by atoms with Gasteiger partial charge >= 0.3 is 0 Å². The van der Waals surface area contributed by atoms with Crippen molar-refractivity contribution >= 4 is 0 Å². The molecule has 1 aliphatic carbocycles. The predicted molar refractivity (Wildman–Crippen MR) is 52.4 cm³/mol. The monoisotopic (exact) mass is 196 g/mol. The fraction of sp³-hybridized carbons (Fsp3) is 0.500. The van der Waals surface area contributed by atoms with Crippen molar-refractivity contribution in [1.82, 2.24) is 0 Å². The lowest BCUT2D eigenvalue weighted by molar-refractivity contribution is 0.560. The van der Waals surface area contributed by atoms with Crippen LogP contribution >= 0.6 is 0 Å². The van der Waals surface area contributed by atoms with Gasteiger partial charge in [-0.2, -0.15) is 0 Å². The molecular formula is C12H14F2. The van der Waals surface area contributed by atoms with Crippen molar-refractivity contribution in [3.63, 3.8) is 0 Å². The summed E-state index contributed by atoms with van der Waals surface area (Å²) in [5.74, 6) is -0.176. The molecular weight excluding hydrogens is 182 g/mol. The Morgan fingerprint density at radius 3 is 2.21 bits per heavy atom. The summed E-state index contributed by atoms with van der Waals surface area (Å²) in [5, 5.41) is 0. The maximum Gasteiger partial charge on any atom is 0.127 e. The second-order valence-corrected chi connectivity index (χ2v) is 4.29. The van der Waals surface area contributed by atoms with Gasteiger partial charge < -0.3 is 0 Å². The molecule has 76 valence electrons. The molecule has 1 fully saturated rings. The van der Waals surface area contributed by atoms with Gasteiger partial charge in [0.05, 0.1) is 0 Å². The first kappa shape index (κ1) is 9.63. The van der Waals surface area contributed by atoms with Crippen LogP contribution in [0.1, 0.15) is 49.7 Å². The van der Waals surface area contributed by atoms with Crippen molar-refractivity contribution in [2.45, 2.75) is 38.5 Å². The van der Waals surface area contributed by atoms with Gasteiger partial charge in [0.2, 0.25) is 0 Å². The summed E-state index contributed by atoms with van der Waals surface area (Å²) in [6, 6.07) is 2.48. The first-order chi connectivity index (χ1) is 6.61. The van der Waals surface area contributed by atoms with Crippen LogP contribution in [0, 0.1) is 11.6 Å². The van der Waals surface area contributed by atoms with E-state index in [0.717, 1.165) is 12.8 Å². The van der Waals surface area contributed by atoms with Gasteiger partial charge in [-0.15, -0.1) is 0 Å². The van der Waals surface area contributed by atoms with Crippen LogP contribution in [0.3, 0.4) is 0 Å². The van der Waals surface area contributed by atoms with Gasteiger partial charge in [0.1, 0.15) is 11.6 Å².